The number of nitrogens with zero attached hydrogens (tertiary/aromatic N) is 3. The van der Waals surface area contributed by atoms with Gasteiger partial charge in [0.2, 0.25) is 5.91 Å². The minimum absolute atomic E-state index is 0.0519. The summed E-state index contributed by atoms with van der Waals surface area (Å²) < 4.78 is 29.8. The lowest BCUT2D eigenvalue weighted by atomic mass is 10.1. The Morgan fingerprint density at radius 3 is 2.79 bits per heavy atom. The maximum Gasteiger partial charge on any atom is 0.347 e. The van der Waals surface area contributed by atoms with E-state index in [9.17, 15) is 23.6 Å². The second kappa shape index (κ2) is 10.4. The van der Waals surface area contributed by atoms with E-state index in [4.69, 9.17) is 11.6 Å². The van der Waals surface area contributed by atoms with Crippen LogP contribution < -0.4 is 20.9 Å². The summed E-state index contributed by atoms with van der Waals surface area (Å²) in [6.07, 6.45) is 2.64. The molecule has 2 N–H and O–H groups in total. The zero-order chi connectivity index (χ0) is 24.0. The van der Waals surface area contributed by atoms with Crippen LogP contribution >= 0.6 is 11.6 Å². The van der Waals surface area contributed by atoms with Gasteiger partial charge in [0, 0.05) is 18.7 Å². The van der Waals surface area contributed by atoms with E-state index in [1.54, 1.807) is 0 Å². The number of hydrogen-bond acceptors (Lipinski definition) is 5. The molecule has 3 aromatic rings. The quantitative estimate of drug-likeness (QED) is 0.364. The maximum atomic E-state index is 14.4. The number of carbonyl (C=O) groups excluding carboxylic acids is 1. The number of alkyl halides is 2. The number of amides is 1. The Kier molecular flexibility index (Phi) is 7.59. The van der Waals surface area contributed by atoms with Crippen LogP contribution in [-0.2, 0) is 23.7 Å². The van der Waals surface area contributed by atoms with E-state index in [0.717, 1.165) is 34.2 Å². The number of aryl methyl sites for hydroxylation is 1. The number of nitrogens with one attached hydrogen (secondary N) is 2. The molecule has 33 heavy (non-hydrogen) atoms. The van der Waals surface area contributed by atoms with Crippen LogP contribution in [0.15, 0.2) is 59.7 Å². The molecular weight excluding hydrogens is 456 g/mol. The van der Waals surface area contributed by atoms with Crippen LogP contribution in [0.5, 0.6) is 0 Å². The van der Waals surface area contributed by atoms with E-state index in [-0.39, 0.29) is 9.88 Å². The second-order valence-electron chi connectivity index (χ2n) is 7.38. The molecule has 0 spiro atoms. The van der Waals surface area contributed by atoms with Crippen LogP contribution in [0.3, 0.4) is 0 Å². The zero-order valence-electron chi connectivity index (χ0n) is 17.7. The molecule has 0 bridgehead atoms. The molecule has 0 aliphatic rings. The van der Waals surface area contributed by atoms with Gasteiger partial charge >= 0.3 is 5.92 Å². The minimum Gasteiger partial charge on any atom is -0.618 e. The van der Waals surface area contributed by atoms with E-state index >= 15 is 0 Å². The molecule has 1 aromatic carbocycles. The molecule has 0 aliphatic heterocycles. The monoisotopic (exact) mass is 477 g/mol. The minimum atomic E-state index is -3.57. The lowest BCUT2D eigenvalue weighted by Crippen LogP contribution is -2.41. The summed E-state index contributed by atoms with van der Waals surface area (Å²) in [6, 6.07) is 11.5. The Morgan fingerprint density at radius 2 is 2.06 bits per heavy atom. The lowest BCUT2D eigenvalue weighted by molar-refractivity contribution is -0.624. The van der Waals surface area contributed by atoms with Crippen molar-refractivity contribution < 1.29 is 18.3 Å². The highest BCUT2D eigenvalue weighted by molar-refractivity contribution is 6.29. The summed E-state index contributed by atoms with van der Waals surface area (Å²) in [7, 11) is 0. The molecule has 0 atom stereocenters. The van der Waals surface area contributed by atoms with Crippen LogP contribution in [-0.4, -0.2) is 28.5 Å². The number of aromatic nitrogens is 3. The zero-order valence-corrected chi connectivity index (χ0v) is 18.5. The van der Waals surface area contributed by atoms with E-state index in [0.29, 0.717) is 13.0 Å². The second-order valence-corrected chi connectivity index (χ2v) is 7.77. The molecule has 0 radical (unpaired) electrons. The van der Waals surface area contributed by atoms with Crippen molar-refractivity contribution in [3.63, 3.8) is 0 Å². The summed E-state index contributed by atoms with van der Waals surface area (Å²) in [5.41, 5.74) is 0.548. The van der Waals surface area contributed by atoms with E-state index in [1.165, 1.54) is 12.1 Å². The van der Waals surface area contributed by atoms with Gasteiger partial charge in [-0.05, 0) is 25.0 Å². The Morgan fingerprint density at radius 1 is 1.27 bits per heavy atom. The van der Waals surface area contributed by atoms with Crippen molar-refractivity contribution in [3.8, 4) is 0 Å². The van der Waals surface area contributed by atoms with Crippen LogP contribution in [0.2, 0.25) is 5.15 Å². The summed E-state index contributed by atoms with van der Waals surface area (Å²) in [5.74, 6) is -4.46. The average molecular weight is 478 g/mol. The fourth-order valence-electron chi connectivity index (χ4n) is 3.15. The highest BCUT2D eigenvalue weighted by atomic mass is 35.5. The molecule has 0 fully saturated rings. The van der Waals surface area contributed by atoms with Crippen molar-refractivity contribution in [1.29, 1.82) is 0 Å². The fourth-order valence-corrected chi connectivity index (χ4v) is 3.33. The molecule has 2 heterocycles. The molecule has 8 nitrogen and oxygen atoms in total. The highest BCUT2D eigenvalue weighted by Gasteiger charge is 2.39. The molecule has 0 saturated heterocycles. The number of pyridine rings is 1. The van der Waals surface area contributed by atoms with Gasteiger partial charge in [-0.2, -0.15) is 13.5 Å². The van der Waals surface area contributed by atoms with Gasteiger partial charge < -0.3 is 15.8 Å². The van der Waals surface area contributed by atoms with Crippen molar-refractivity contribution >= 4 is 23.3 Å². The molecule has 0 unspecified atom stereocenters. The smallest absolute Gasteiger partial charge is 0.347 e. The molecule has 0 saturated carbocycles. The summed E-state index contributed by atoms with van der Waals surface area (Å²) in [6.45, 7) is 0.868. The average Bonchev–Trinajstić information content (AvgIpc) is 2.76. The van der Waals surface area contributed by atoms with E-state index < -0.39 is 42.0 Å². The number of halogens is 3. The van der Waals surface area contributed by atoms with Gasteiger partial charge in [0.15, 0.2) is 12.0 Å². The van der Waals surface area contributed by atoms with Gasteiger partial charge in [0.1, 0.15) is 11.7 Å². The maximum absolute atomic E-state index is 14.4. The van der Waals surface area contributed by atoms with E-state index in [1.807, 2.05) is 31.2 Å². The lowest BCUT2D eigenvalue weighted by Gasteiger charge is -2.17. The Labute approximate surface area is 193 Å². The summed E-state index contributed by atoms with van der Waals surface area (Å²) in [4.78, 5) is 28.7. The third-order valence-corrected chi connectivity index (χ3v) is 5.10. The predicted octanol–water partition coefficient (Wildman–Crippen LogP) is 2.40. The Balaban J connectivity index is 1.63. The largest absolute Gasteiger partial charge is 0.618 e. The van der Waals surface area contributed by atoms with Crippen LogP contribution in [0.25, 0.3) is 0 Å². The first-order valence-electron chi connectivity index (χ1n) is 10.1. The third-order valence-electron chi connectivity index (χ3n) is 4.80. The third kappa shape index (κ3) is 6.26. The molecule has 11 heteroatoms. The highest BCUT2D eigenvalue weighted by Crippen LogP contribution is 2.25. The van der Waals surface area contributed by atoms with Crippen molar-refractivity contribution in [1.82, 2.24) is 14.9 Å². The van der Waals surface area contributed by atoms with Gasteiger partial charge in [-0.3, -0.25) is 14.2 Å². The number of benzene rings is 1. The standard InChI is InChI=1S/C22H22ClF2N5O3/c1-15-5-4-6-16(11-15)8-9-26-19(31)13-29-18(23)12-27-20(21(29)32)28-14-22(24,25)17-7-2-3-10-30(17)33/h2-7,10-12H,8-9,13-14H2,1H3,(H,26,31)(H,27,28). The first-order valence-corrected chi connectivity index (χ1v) is 10.4. The van der Waals surface area contributed by atoms with Gasteiger partial charge in [-0.25, -0.2) is 4.98 Å². The Bertz CT molecular complexity index is 1200. The number of hydrogen-bond donors (Lipinski definition) is 2. The summed E-state index contributed by atoms with van der Waals surface area (Å²) >= 11 is 6.00. The molecule has 2 aromatic heterocycles. The van der Waals surface area contributed by atoms with Crippen molar-refractivity contribution in [2.75, 3.05) is 18.4 Å². The first-order chi connectivity index (χ1) is 15.7. The molecule has 3 rings (SSSR count). The number of carbonyl (C=O) groups is 1. The fraction of sp³-hybridized carbons (Fsp3) is 0.273. The number of anilines is 1. The van der Waals surface area contributed by atoms with E-state index in [2.05, 4.69) is 15.6 Å². The first kappa shape index (κ1) is 24.1. The van der Waals surface area contributed by atoms with Gasteiger partial charge in [-0.1, -0.05) is 41.4 Å². The van der Waals surface area contributed by atoms with Crippen molar-refractivity contribution in [3.05, 3.63) is 92.4 Å². The van der Waals surface area contributed by atoms with Crippen molar-refractivity contribution in [2.45, 2.75) is 25.8 Å². The Hall–Kier alpha value is -3.53. The van der Waals surface area contributed by atoms with Gasteiger partial charge in [-0.15, -0.1) is 0 Å². The topological polar surface area (TPSA) is 103 Å². The van der Waals surface area contributed by atoms with Crippen LogP contribution in [0.4, 0.5) is 14.6 Å². The number of rotatable bonds is 9. The summed E-state index contributed by atoms with van der Waals surface area (Å²) in [5, 5.41) is 16.5. The van der Waals surface area contributed by atoms with Crippen molar-refractivity contribution in [2.24, 2.45) is 0 Å². The molecule has 1 amide bonds. The van der Waals surface area contributed by atoms with Gasteiger partial charge in [0.05, 0.1) is 12.7 Å². The normalized spacial score (nSPS) is 11.3. The molecular formula is C22H22ClF2N5O3. The molecule has 0 aliphatic carbocycles. The van der Waals surface area contributed by atoms with Gasteiger partial charge in [0.25, 0.3) is 11.3 Å². The van der Waals surface area contributed by atoms with Crippen LogP contribution in [0.1, 0.15) is 16.8 Å². The van der Waals surface area contributed by atoms with Crippen LogP contribution in [0, 0.1) is 12.1 Å². The molecule has 174 valence electrons. The predicted molar refractivity (Wildman–Crippen MR) is 119 cm³/mol. The SMILES string of the molecule is Cc1cccc(CCNC(=O)Cn2c(Cl)cnc(NCC(F)(F)c3cccc[n+]3[O-])c2=O)c1.